The molecule has 0 saturated heterocycles. The summed E-state index contributed by atoms with van der Waals surface area (Å²) in [6.45, 7) is 6.76. The summed E-state index contributed by atoms with van der Waals surface area (Å²) in [6.07, 6.45) is 0.290. The van der Waals surface area contributed by atoms with Crippen LogP contribution >= 0.6 is 0 Å². The summed E-state index contributed by atoms with van der Waals surface area (Å²) in [5.74, 6) is 0.347. The SMILES string of the molecule is [C-]#[N+]c1ccc2c(c1)CC(=O)O2. The van der Waals surface area contributed by atoms with Gasteiger partial charge in [0.15, 0.2) is 5.69 Å². The van der Waals surface area contributed by atoms with E-state index in [0.29, 0.717) is 17.9 Å². The zero-order valence-corrected chi connectivity index (χ0v) is 6.20. The molecule has 1 aromatic carbocycles. The lowest BCUT2D eigenvalue weighted by Crippen LogP contribution is -1.99. The maximum Gasteiger partial charge on any atom is 0.315 e. The molecule has 0 bridgehead atoms. The van der Waals surface area contributed by atoms with E-state index < -0.39 is 0 Å². The summed E-state index contributed by atoms with van der Waals surface area (Å²) in [7, 11) is 0. The zero-order valence-electron chi connectivity index (χ0n) is 6.20. The van der Waals surface area contributed by atoms with E-state index in [1.54, 1.807) is 18.2 Å². The van der Waals surface area contributed by atoms with Crippen LogP contribution in [0.15, 0.2) is 18.2 Å². The second kappa shape index (κ2) is 2.35. The quantitative estimate of drug-likeness (QED) is 0.327. The molecule has 0 aliphatic carbocycles. The Labute approximate surface area is 69.4 Å². The highest BCUT2D eigenvalue weighted by Crippen LogP contribution is 2.29. The van der Waals surface area contributed by atoms with Crippen molar-refractivity contribution in [2.75, 3.05) is 0 Å². The summed E-state index contributed by atoms with van der Waals surface area (Å²) < 4.78 is 4.86. The lowest BCUT2D eigenvalue weighted by molar-refractivity contribution is -0.131. The minimum absolute atomic E-state index is 0.243. The number of fused-ring (bicyclic) bond motifs is 1. The van der Waals surface area contributed by atoms with E-state index in [1.165, 1.54) is 0 Å². The number of hydrogen-bond donors (Lipinski definition) is 0. The highest BCUT2D eigenvalue weighted by molar-refractivity contribution is 5.81. The first-order chi connectivity index (χ1) is 5.79. The number of hydrogen-bond acceptors (Lipinski definition) is 2. The van der Waals surface area contributed by atoms with Crippen LogP contribution in [0.4, 0.5) is 5.69 Å². The van der Waals surface area contributed by atoms with E-state index in [-0.39, 0.29) is 5.97 Å². The summed E-state index contributed by atoms with van der Waals surface area (Å²) in [4.78, 5) is 14.1. The standard InChI is InChI=1S/C9H5NO2/c1-10-7-2-3-8-6(4-7)5-9(11)12-8/h2-4H,5H2. The van der Waals surface area contributed by atoms with Crippen molar-refractivity contribution in [2.45, 2.75) is 6.42 Å². The van der Waals surface area contributed by atoms with Crippen molar-refractivity contribution < 1.29 is 9.53 Å². The van der Waals surface area contributed by atoms with Gasteiger partial charge in [0.05, 0.1) is 13.0 Å². The third kappa shape index (κ3) is 0.940. The third-order valence-electron chi connectivity index (χ3n) is 1.73. The molecule has 0 spiro atoms. The molecule has 0 fully saturated rings. The van der Waals surface area contributed by atoms with Crippen molar-refractivity contribution in [1.82, 2.24) is 0 Å². The molecule has 3 nitrogen and oxygen atoms in total. The Morgan fingerprint density at radius 2 is 2.33 bits per heavy atom. The van der Waals surface area contributed by atoms with Gasteiger partial charge in [0.1, 0.15) is 5.75 Å². The zero-order chi connectivity index (χ0) is 8.55. The van der Waals surface area contributed by atoms with Gasteiger partial charge in [0.2, 0.25) is 0 Å². The van der Waals surface area contributed by atoms with Crippen LogP contribution in [-0.2, 0) is 11.2 Å². The lowest BCUT2D eigenvalue weighted by Gasteiger charge is -1.95. The first-order valence-corrected chi connectivity index (χ1v) is 3.50. The number of nitrogens with zero attached hydrogens (tertiary/aromatic N) is 1. The van der Waals surface area contributed by atoms with Gasteiger partial charge >= 0.3 is 5.97 Å². The normalized spacial score (nSPS) is 13.4. The molecule has 0 saturated carbocycles. The predicted octanol–water partition coefficient (Wildman–Crippen LogP) is 1.70. The van der Waals surface area contributed by atoms with Gasteiger partial charge in [0, 0.05) is 0 Å². The van der Waals surface area contributed by atoms with E-state index in [4.69, 9.17) is 11.3 Å². The largest absolute Gasteiger partial charge is 0.426 e. The van der Waals surface area contributed by atoms with Crippen LogP contribution in [0.5, 0.6) is 5.75 Å². The number of benzene rings is 1. The van der Waals surface area contributed by atoms with E-state index in [0.717, 1.165) is 5.56 Å². The van der Waals surface area contributed by atoms with Crippen LogP contribution in [0.2, 0.25) is 0 Å². The molecule has 0 radical (unpaired) electrons. The van der Waals surface area contributed by atoms with E-state index in [9.17, 15) is 4.79 Å². The second-order valence-corrected chi connectivity index (χ2v) is 2.55. The van der Waals surface area contributed by atoms with E-state index in [1.807, 2.05) is 0 Å². The Morgan fingerprint density at radius 1 is 1.50 bits per heavy atom. The fourth-order valence-electron chi connectivity index (χ4n) is 1.19. The van der Waals surface area contributed by atoms with Crippen molar-refractivity contribution in [3.05, 3.63) is 35.2 Å². The molecule has 1 aliphatic heterocycles. The van der Waals surface area contributed by atoms with E-state index in [2.05, 4.69) is 4.85 Å². The van der Waals surface area contributed by atoms with Gasteiger partial charge in [-0.2, -0.15) is 0 Å². The molecule has 58 valence electrons. The lowest BCUT2D eigenvalue weighted by atomic mass is 10.1. The number of carbonyl (C=O) groups excluding carboxylic acids is 1. The molecule has 1 heterocycles. The van der Waals surface area contributed by atoms with Crippen LogP contribution in [0, 0.1) is 6.57 Å². The Kier molecular flexibility index (Phi) is 1.34. The Bertz CT molecular complexity index is 390. The van der Waals surface area contributed by atoms with Crippen molar-refractivity contribution in [3.63, 3.8) is 0 Å². The molecule has 2 rings (SSSR count). The summed E-state index contributed by atoms with van der Waals surface area (Å²) in [5, 5.41) is 0. The topological polar surface area (TPSA) is 30.7 Å². The smallest absolute Gasteiger partial charge is 0.315 e. The molecule has 0 aromatic heterocycles. The van der Waals surface area contributed by atoms with Gasteiger partial charge in [-0.25, -0.2) is 4.85 Å². The van der Waals surface area contributed by atoms with Crippen LogP contribution < -0.4 is 4.74 Å². The first kappa shape index (κ1) is 6.86. The number of carbonyl (C=O) groups is 1. The second-order valence-electron chi connectivity index (χ2n) is 2.55. The minimum Gasteiger partial charge on any atom is -0.426 e. The predicted molar refractivity (Wildman–Crippen MR) is 42.0 cm³/mol. The maximum absolute atomic E-state index is 10.8. The Hall–Kier alpha value is -1.82. The highest BCUT2D eigenvalue weighted by atomic mass is 16.5. The van der Waals surface area contributed by atoms with Gasteiger partial charge < -0.3 is 4.74 Å². The molecule has 0 atom stereocenters. The monoisotopic (exact) mass is 159 g/mol. The maximum atomic E-state index is 10.8. The average molecular weight is 159 g/mol. The summed E-state index contributed by atoms with van der Waals surface area (Å²) in [6, 6.07) is 4.99. The molecule has 0 unspecified atom stereocenters. The Balaban J connectivity index is 2.50. The van der Waals surface area contributed by atoms with Crippen molar-refractivity contribution >= 4 is 11.7 Å². The Morgan fingerprint density at radius 3 is 3.08 bits per heavy atom. The van der Waals surface area contributed by atoms with Gasteiger partial charge in [0.25, 0.3) is 0 Å². The van der Waals surface area contributed by atoms with Crippen LogP contribution in [0.3, 0.4) is 0 Å². The van der Waals surface area contributed by atoms with Crippen LogP contribution in [0.1, 0.15) is 5.56 Å². The molecule has 1 aliphatic rings. The average Bonchev–Trinajstić information content (AvgIpc) is 2.43. The number of rotatable bonds is 0. The van der Waals surface area contributed by atoms with Crippen molar-refractivity contribution in [2.24, 2.45) is 0 Å². The number of ether oxygens (including phenoxy) is 1. The van der Waals surface area contributed by atoms with E-state index >= 15 is 0 Å². The first-order valence-electron chi connectivity index (χ1n) is 3.50. The van der Waals surface area contributed by atoms with Crippen molar-refractivity contribution in [1.29, 1.82) is 0 Å². The minimum atomic E-state index is -0.243. The van der Waals surface area contributed by atoms with Crippen molar-refractivity contribution in [3.8, 4) is 5.75 Å². The fraction of sp³-hybridized carbons (Fsp3) is 0.111. The molecule has 0 amide bonds. The van der Waals surface area contributed by atoms with Gasteiger partial charge in [-0.1, -0.05) is 6.07 Å². The van der Waals surface area contributed by atoms with Gasteiger partial charge in [-0.15, -0.1) is 0 Å². The molecule has 3 heteroatoms. The van der Waals surface area contributed by atoms with Crippen LogP contribution in [-0.4, -0.2) is 5.97 Å². The fourth-order valence-corrected chi connectivity index (χ4v) is 1.19. The molecule has 1 aromatic rings. The molecule has 12 heavy (non-hydrogen) atoms. The third-order valence-corrected chi connectivity index (χ3v) is 1.73. The molecular formula is C9H5NO2. The molecular weight excluding hydrogens is 154 g/mol. The summed E-state index contributed by atoms with van der Waals surface area (Å²) in [5.41, 5.74) is 1.36. The molecule has 0 N–H and O–H groups in total. The summed E-state index contributed by atoms with van der Waals surface area (Å²) >= 11 is 0. The highest BCUT2D eigenvalue weighted by Gasteiger charge is 2.19. The number of esters is 1. The van der Waals surface area contributed by atoms with Crippen LogP contribution in [0.25, 0.3) is 4.85 Å². The van der Waals surface area contributed by atoms with Gasteiger partial charge in [-0.05, 0) is 17.7 Å². The van der Waals surface area contributed by atoms with Gasteiger partial charge in [-0.3, -0.25) is 4.79 Å².